The third-order valence-corrected chi connectivity index (χ3v) is 3.52. The number of hydrogen-bond donors (Lipinski definition) is 1. The number of nitrogens with zero attached hydrogens (tertiary/aromatic N) is 2. The van der Waals surface area contributed by atoms with Gasteiger partial charge in [0.05, 0.1) is 0 Å². The minimum Gasteiger partial charge on any atom is -0.484 e. The van der Waals surface area contributed by atoms with Gasteiger partial charge in [0, 0.05) is 32.4 Å². The number of amides is 2. The second-order valence-corrected chi connectivity index (χ2v) is 5.34. The van der Waals surface area contributed by atoms with Gasteiger partial charge in [-0.2, -0.15) is 0 Å². The van der Waals surface area contributed by atoms with Crippen LogP contribution in [0.1, 0.15) is 12.8 Å². The van der Waals surface area contributed by atoms with E-state index in [1.54, 1.807) is 43.3 Å². The van der Waals surface area contributed by atoms with E-state index in [0.29, 0.717) is 24.4 Å². The molecule has 0 bridgehead atoms. The van der Waals surface area contributed by atoms with Gasteiger partial charge in [-0.15, -0.1) is 0 Å². The van der Waals surface area contributed by atoms with Crippen molar-refractivity contribution in [3.63, 3.8) is 0 Å². The summed E-state index contributed by atoms with van der Waals surface area (Å²) in [5.74, 6) is 0.345. The SMILES string of the molecule is CN(C)C(=O)C1CCCN1C(=O)COc1cccc(N)c1. The molecule has 0 aliphatic carbocycles. The maximum absolute atomic E-state index is 12.2. The van der Waals surface area contributed by atoms with Gasteiger partial charge in [-0.1, -0.05) is 6.07 Å². The Hall–Kier alpha value is -2.24. The van der Waals surface area contributed by atoms with Crippen molar-refractivity contribution < 1.29 is 14.3 Å². The number of ether oxygens (including phenoxy) is 1. The number of benzene rings is 1. The highest BCUT2D eigenvalue weighted by molar-refractivity contribution is 5.88. The van der Waals surface area contributed by atoms with Gasteiger partial charge in [-0.05, 0) is 25.0 Å². The van der Waals surface area contributed by atoms with E-state index in [0.717, 1.165) is 6.42 Å². The average molecular weight is 291 g/mol. The van der Waals surface area contributed by atoms with Crippen LogP contribution in [0.4, 0.5) is 5.69 Å². The van der Waals surface area contributed by atoms with E-state index < -0.39 is 0 Å². The van der Waals surface area contributed by atoms with Crippen LogP contribution in [-0.4, -0.2) is 54.9 Å². The number of nitrogens with two attached hydrogens (primary N) is 1. The first-order chi connectivity index (χ1) is 9.99. The Morgan fingerprint density at radius 3 is 2.86 bits per heavy atom. The Bertz CT molecular complexity index is 531. The second kappa shape index (κ2) is 6.47. The van der Waals surface area contributed by atoms with Crippen LogP contribution in [0, 0.1) is 0 Å². The molecular weight excluding hydrogens is 270 g/mol. The fourth-order valence-corrected chi connectivity index (χ4v) is 2.45. The van der Waals surface area contributed by atoms with Gasteiger partial charge in [0.15, 0.2) is 6.61 Å². The van der Waals surface area contributed by atoms with Crippen molar-refractivity contribution in [1.29, 1.82) is 0 Å². The van der Waals surface area contributed by atoms with Crippen LogP contribution in [0.2, 0.25) is 0 Å². The normalized spacial score (nSPS) is 17.6. The lowest BCUT2D eigenvalue weighted by atomic mass is 10.2. The summed E-state index contributed by atoms with van der Waals surface area (Å²) in [6, 6.07) is 6.57. The molecule has 1 aromatic carbocycles. The zero-order chi connectivity index (χ0) is 15.4. The Morgan fingerprint density at radius 2 is 2.19 bits per heavy atom. The lowest BCUT2D eigenvalue weighted by Crippen LogP contribution is -2.46. The molecule has 0 aromatic heterocycles. The second-order valence-electron chi connectivity index (χ2n) is 5.34. The number of hydrogen-bond acceptors (Lipinski definition) is 4. The lowest BCUT2D eigenvalue weighted by molar-refractivity contribution is -0.143. The Labute approximate surface area is 124 Å². The van der Waals surface area contributed by atoms with Crippen LogP contribution < -0.4 is 10.5 Å². The molecule has 1 aliphatic heterocycles. The van der Waals surface area contributed by atoms with Crippen molar-refractivity contribution in [3.05, 3.63) is 24.3 Å². The molecule has 1 fully saturated rings. The van der Waals surface area contributed by atoms with Gasteiger partial charge >= 0.3 is 0 Å². The molecule has 2 rings (SSSR count). The van der Waals surface area contributed by atoms with Crippen molar-refractivity contribution in [2.75, 3.05) is 33.0 Å². The van der Waals surface area contributed by atoms with Crippen LogP contribution in [0.3, 0.4) is 0 Å². The van der Waals surface area contributed by atoms with Gasteiger partial charge in [-0.25, -0.2) is 0 Å². The first kappa shape index (κ1) is 15.2. The summed E-state index contributed by atoms with van der Waals surface area (Å²) in [6.45, 7) is 0.518. The largest absolute Gasteiger partial charge is 0.484 e. The first-order valence-corrected chi connectivity index (χ1v) is 6.98. The Morgan fingerprint density at radius 1 is 1.43 bits per heavy atom. The number of carbonyl (C=O) groups excluding carboxylic acids is 2. The molecule has 2 N–H and O–H groups in total. The number of likely N-dealkylation sites (tertiary alicyclic amines) is 1. The summed E-state index contributed by atoms with van der Waals surface area (Å²) in [5.41, 5.74) is 6.24. The zero-order valence-electron chi connectivity index (χ0n) is 12.4. The van der Waals surface area contributed by atoms with Crippen molar-refractivity contribution in [1.82, 2.24) is 9.80 Å². The van der Waals surface area contributed by atoms with Gasteiger partial charge in [-0.3, -0.25) is 9.59 Å². The third kappa shape index (κ3) is 3.65. The molecule has 0 radical (unpaired) electrons. The Kier molecular flexibility index (Phi) is 4.67. The van der Waals surface area contributed by atoms with Crippen LogP contribution in [0.15, 0.2) is 24.3 Å². The molecule has 6 nitrogen and oxygen atoms in total. The summed E-state index contributed by atoms with van der Waals surface area (Å²) in [4.78, 5) is 27.4. The Balaban J connectivity index is 1.95. The van der Waals surface area contributed by atoms with E-state index >= 15 is 0 Å². The predicted molar refractivity (Wildman–Crippen MR) is 79.8 cm³/mol. The van der Waals surface area contributed by atoms with Crippen LogP contribution >= 0.6 is 0 Å². The first-order valence-electron chi connectivity index (χ1n) is 6.98. The van der Waals surface area contributed by atoms with Crippen molar-refractivity contribution in [2.24, 2.45) is 0 Å². The fraction of sp³-hybridized carbons (Fsp3) is 0.467. The number of nitrogen functional groups attached to an aromatic ring is 1. The number of rotatable bonds is 4. The van der Waals surface area contributed by atoms with Crippen LogP contribution in [-0.2, 0) is 9.59 Å². The lowest BCUT2D eigenvalue weighted by Gasteiger charge is -2.26. The quantitative estimate of drug-likeness (QED) is 0.830. The van der Waals surface area contributed by atoms with Gasteiger partial charge in [0.2, 0.25) is 5.91 Å². The van der Waals surface area contributed by atoms with Crippen molar-refractivity contribution in [2.45, 2.75) is 18.9 Å². The predicted octanol–water partition coefficient (Wildman–Crippen LogP) is 0.727. The standard InChI is InChI=1S/C15H21N3O3/c1-17(2)15(20)13-7-4-8-18(13)14(19)10-21-12-6-3-5-11(16)9-12/h3,5-6,9,13H,4,7-8,10,16H2,1-2H3. The van der Waals surface area contributed by atoms with Crippen LogP contribution in [0.25, 0.3) is 0 Å². The molecule has 1 aromatic rings. The van der Waals surface area contributed by atoms with E-state index in [2.05, 4.69) is 0 Å². The summed E-state index contributed by atoms with van der Waals surface area (Å²) >= 11 is 0. The van der Waals surface area contributed by atoms with Crippen LogP contribution in [0.5, 0.6) is 5.75 Å². The summed E-state index contributed by atoms with van der Waals surface area (Å²) in [6.07, 6.45) is 1.55. The monoisotopic (exact) mass is 291 g/mol. The zero-order valence-corrected chi connectivity index (χ0v) is 12.4. The maximum atomic E-state index is 12.2. The van der Waals surface area contributed by atoms with Gasteiger partial charge < -0.3 is 20.3 Å². The summed E-state index contributed by atoms with van der Waals surface area (Å²) in [5, 5.41) is 0. The third-order valence-electron chi connectivity index (χ3n) is 3.52. The highest BCUT2D eigenvalue weighted by atomic mass is 16.5. The molecule has 114 valence electrons. The molecule has 1 atom stereocenters. The molecule has 1 heterocycles. The smallest absolute Gasteiger partial charge is 0.261 e. The average Bonchev–Trinajstić information content (AvgIpc) is 2.93. The molecule has 0 saturated carbocycles. The molecule has 6 heteroatoms. The molecular formula is C15H21N3O3. The van der Waals surface area contributed by atoms with E-state index in [-0.39, 0.29) is 24.5 Å². The van der Waals surface area contributed by atoms with Gasteiger partial charge in [0.25, 0.3) is 5.91 Å². The fourth-order valence-electron chi connectivity index (χ4n) is 2.45. The molecule has 2 amide bonds. The number of anilines is 1. The van der Waals surface area contributed by atoms with E-state index in [1.807, 2.05) is 0 Å². The molecule has 21 heavy (non-hydrogen) atoms. The topological polar surface area (TPSA) is 75.9 Å². The minimum atomic E-state index is -0.364. The molecule has 1 aliphatic rings. The molecule has 1 unspecified atom stereocenters. The number of likely N-dealkylation sites (N-methyl/N-ethyl adjacent to an activating group) is 1. The maximum Gasteiger partial charge on any atom is 0.261 e. The van der Waals surface area contributed by atoms with Crippen molar-refractivity contribution in [3.8, 4) is 5.75 Å². The summed E-state index contributed by atoms with van der Waals surface area (Å²) < 4.78 is 5.45. The summed E-state index contributed by atoms with van der Waals surface area (Å²) in [7, 11) is 3.40. The van der Waals surface area contributed by atoms with E-state index in [4.69, 9.17) is 10.5 Å². The minimum absolute atomic E-state index is 0.0372. The molecule has 1 saturated heterocycles. The molecule has 0 spiro atoms. The van der Waals surface area contributed by atoms with Gasteiger partial charge in [0.1, 0.15) is 11.8 Å². The van der Waals surface area contributed by atoms with Crippen molar-refractivity contribution >= 4 is 17.5 Å². The van der Waals surface area contributed by atoms with E-state index in [9.17, 15) is 9.59 Å². The highest BCUT2D eigenvalue weighted by Gasteiger charge is 2.34. The van der Waals surface area contributed by atoms with E-state index in [1.165, 1.54) is 4.90 Å². The number of carbonyl (C=O) groups is 2. The highest BCUT2D eigenvalue weighted by Crippen LogP contribution is 2.20.